The first-order valence-electron chi connectivity index (χ1n) is 8.09. The molecule has 0 spiro atoms. The molecule has 0 aliphatic heterocycles. The molecule has 0 saturated heterocycles. The zero-order valence-electron chi connectivity index (χ0n) is 13.7. The summed E-state index contributed by atoms with van der Waals surface area (Å²) in [5, 5.41) is 5.57. The van der Waals surface area contributed by atoms with Crippen LogP contribution in [0.4, 0.5) is 5.82 Å². The zero-order valence-corrected chi connectivity index (χ0v) is 13.7. The van der Waals surface area contributed by atoms with Crippen molar-refractivity contribution in [1.29, 1.82) is 0 Å². The van der Waals surface area contributed by atoms with Gasteiger partial charge in [0.1, 0.15) is 17.4 Å². The lowest BCUT2D eigenvalue weighted by Gasteiger charge is -2.14. The summed E-state index contributed by atoms with van der Waals surface area (Å²) >= 11 is 0. The van der Waals surface area contributed by atoms with E-state index in [0.717, 1.165) is 38.9 Å². The molecule has 0 atom stereocenters. The van der Waals surface area contributed by atoms with Crippen LogP contribution in [0.25, 0.3) is 33.1 Å². The van der Waals surface area contributed by atoms with Gasteiger partial charge in [-0.3, -0.25) is 0 Å². The van der Waals surface area contributed by atoms with Crippen molar-refractivity contribution in [2.45, 2.75) is 19.9 Å². The predicted molar refractivity (Wildman–Crippen MR) is 99.0 cm³/mol. The second-order valence-electron chi connectivity index (χ2n) is 6.09. The fraction of sp³-hybridized carbons (Fsp3) is 0.150. The van der Waals surface area contributed by atoms with Gasteiger partial charge in [-0.2, -0.15) is 0 Å². The average molecular weight is 314 g/mol. The molecule has 0 aliphatic carbocycles. The van der Waals surface area contributed by atoms with Gasteiger partial charge in [0.15, 0.2) is 5.82 Å². The van der Waals surface area contributed by atoms with Crippen LogP contribution in [-0.2, 0) is 0 Å². The number of fused-ring (bicyclic) bond motifs is 3. The van der Waals surface area contributed by atoms with Gasteiger partial charge in [-0.1, -0.05) is 54.6 Å². The Morgan fingerprint density at radius 1 is 0.792 bits per heavy atom. The van der Waals surface area contributed by atoms with Crippen molar-refractivity contribution in [3.8, 4) is 11.3 Å². The molecule has 0 bridgehead atoms. The Bertz CT molecular complexity index is 1010. The number of rotatable bonds is 3. The number of aromatic nitrogens is 3. The van der Waals surface area contributed by atoms with Crippen molar-refractivity contribution in [3.05, 3.63) is 60.9 Å². The third kappa shape index (κ3) is 2.46. The Morgan fingerprint density at radius 2 is 1.50 bits per heavy atom. The van der Waals surface area contributed by atoms with Crippen molar-refractivity contribution in [3.63, 3.8) is 0 Å². The van der Waals surface area contributed by atoms with Crippen LogP contribution in [0.1, 0.15) is 13.8 Å². The molecule has 24 heavy (non-hydrogen) atoms. The second kappa shape index (κ2) is 5.89. The number of hydrogen-bond donors (Lipinski definition) is 1. The minimum Gasteiger partial charge on any atom is -0.366 e. The van der Waals surface area contributed by atoms with Crippen LogP contribution in [-0.4, -0.2) is 21.0 Å². The highest BCUT2D eigenvalue weighted by atomic mass is 15.0. The van der Waals surface area contributed by atoms with Crippen LogP contribution >= 0.6 is 0 Å². The lowest BCUT2D eigenvalue weighted by atomic mass is 10.0. The fourth-order valence-corrected chi connectivity index (χ4v) is 2.95. The molecule has 1 N–H and O–H groups in total. The Hall–Kier alpha value is -3.01. The van der Waals surface area contributed by atoms with E-state index in [4.69, 9.17) is 4.98 Å². The smallest absolute Gasteiger partial charge is 0.156 e. The van der Waals surface area contributed by atoms with Gasteiger partial charge in [0.2, 0.25) is 0 Å². The first-order chi connectivity index (χ1) is 11.7. The quantitative estimate of drug-likeness (QED) is 0.559. The van der Waals surface area contributed by atoms with Crippen molar-refractivity contribution >= 4 is 27.6 Å². The maximum Gasteiger partial charge on any atom is 0.156 e. The summed E-state index contributed by atoms with van der Waals surface area (Å²) in [5.74, 6) is 0.776. The number of pyridine rings is 1. The standard InChI is InChI=1S/C20H18N4/c1-13(2)23-20-19-18(21-12-22-20)16-11-7-6-10-15(16)17(24-19)14-8-4-3-5-9-14/h3-13H,1-2H3,(H,21,22,23). The lowest BCUT2D eigenvalue weighted by molar-refractivity contribution is 0.889. The Labute approximate surface area is 140 Å². The third-order valence-corrected chi connectivity index (χ3v) is 3.96. The number of nitrogens with zero attached hydrogens (tertiary/aromatic N) is 3. The highest BCUT2D eigenvalue weighted by molar-refractivity contribution is 6.11. The minimum absolute atomic E-state index is 0.275. The number of hydrogen-bond acceptors (Lipinski definition) is 4. The lowest BCUT2D eigenvalue weighted by Crippen LogP contribution is -2.12. The highest BCUT2D eigenvalue weighted by Gasteiger charge is 2.14. The van der Waals surface area contributed by atoms with Crippen LogP contribution in [0.2, 0.25) is 0 Å². The minimum atomic E-state index is 0.275. The van der Waals surface area contributed by atoms with E-state index in [1.54, 1.807) is 6.33 Å². The average Bonchev–Trinajstić information content (AvgIpc) is 2.62. The van der Waals surface area contributed by atoms with Gasteiger partial charge in [-0.05, 0) is 13.8 Å². The molecule has 4 rings (SSSR count). The molecular formula is C20H18N4. The van der Waals surface area contributed by atoms with Crippen LogP contribution in [0.3, 0.4) is 0 Å². The van der Waals surface area contributed by atoms with Gasteiger partial charge in [-0.15, -0.1) is 0 Å². The second-order valence-corrected chi connectivity index (χ2v) is 6.09. The van der Waals surface area contributed by atoms with E-state index < -0.39 is 0 Å². The molecule has 4 nitrogen and oxygen atoms in total. The van der Waals surface area contributed by atoms with E-state index in [0.29, 0.717) is 0 Å². The van der Waals surface area contributed by atoms with Gasteiger partial charge < -0.3 is 5.32 Å². The summed E-state index contributed by atoms with van der Waals surface area (Å²) in [5.41, 5.74) is 3.74. The van der Waals surface area contributed by atoms with E-state index >= 15 is 0 Å². The summed E-state index contributed by atoms with van der Waals surface area (Å²) in [6.07, 6.45) is 1.60. The van der Waals surface area contributed by atoms with Crippen molar-refractivity contribution in [1.82, 2.24) is 15.0 Å². The van der Waals surface area contributed by atoms with Crippen LogP contribution in [0, 0.1) is 0 Å². The molecule has 2 heterocycles. The molecule has 118 valence electrons. The van der Waals surface area contributed by atoms with Crippen molar-refractivity contribution in [2.24, 2.45) is 0 Å². The predicted octanol–water partition coefficient (Wildman–Crippen LogP) is 4.67. The van der Waals surface area contributed by atoms with E-state index in [9.17, 15) is 0 Å². The molecule has 0 aliphatic rings. The van der Waals surface area contributed by atoms with E-state index in [1.807, 2.05) is 30.3 Å². The van der Waals surface area contributed by atoms with Gasteiger partial charge in [0.25, 0.3) is 0 Å². The van der Waals surface area contributed by atoms with E-state index in [-0.39, 0.29) is 6.04 Å². The third-order valence-electron chi connectivity index (χ3n) is 3.96. The normalized spacial score (nSPS) is 11.3. The monoisotopic (exact) mass is 314 g/mol. The molecular weight excluding hydrogens is 296 g/mol. The van der Waals surface area contributed by atoms with Crippen LogP contribution in [0.15, 0.2) is 60.9 Å². The SMILES string of the molecule is CC(C)Nc1ncnc2c1nc(-c1ccccc1)c1ccccc12. The topological polar surface area (TPSA) is 50.7 Å². The molecule has 0 unspecified atom stereocenters. The van der Waals surface area contributed by atoms with Crippen molar-refractivity contribution in [2.75, 3.05) is 5.32 Å². The zero-order chi connectivity index (χ0) is 16.5. The number of benzene rings is 2. The molecule has 4 heteroatoms. The maximum atomic E-state index is 4.94. The largest absolute Gasteiger partial charge is 0.366 e. The fourth-order valence-electron chi connectivity index (χ4n) is 2.95. The van der Waals surface area contributed by atoms with Crippen molar-refractivity contribution < 1.29 is 0 Å². The van der Waals surface area contributed by atoms with Crippen LogP contribution in [0.5, 0.6) is 0 Å². The molecule has 2 aromatic heterocycles. The molecule has 0 saturated carbocycles. The van der Waals surface area contributed by atoms with Gasteiger partial charge >= 0.3 is 0 Å². The first kappa shape index (κ1) is 14.6. The van der Waals surface area contributed by atoms with Gasteiger partial charge in [0.05, 0.1) is 5.69 Å². The summed E-state index contributed by atoms with van der Waals surface area (Å²) in [6, 6.07) is 18.8. The molecule has 0 fully saturated rings. The van der Waals surface area contributed by atoms with E-state index in [1.165, 1.54) is 0 Å². The Morgan fingerprint density at radius 3 is 2.25 bits per heavy atom. The molecule has 2 aromatic carbocycles. The summed E-state index contributed by atoms with van der Waals surface area (Å²) in [7, 11) is 0. The van der Waals surface area contributed by atoms with E-state index in [2.05, 4.69) is 53.4 Å². The van der Waals surface area contributed by atoms with Crippen LogP contribution < -0.4 is 5.32 Å². The Balaban J connectivity index is 2.11. The first-order valence-corrected chi connectivity index (χ1v) is 8.09. The summed E-state index contributed by atoms with van der Waals surface area (Å²) in [6.45, 7) is 4.18. The number of nitrogens with one attached hydrogen (secondary N) is 1. The molecule has 0 radical (unpaired) electrons. The summed E-state index contributed by atoms with van der Waals surface area (Å²) in [4.78, 5) is 13.8. The Kier molecular flexibility index (Phi) is 3.58. The summed E-state index contributed by atoms with van der Waals surface area (Å²) < 4.78 is 0. The van der Waals surface area contributed by atoms with Gasteiger partial charge in [-0.25, -0.2) is 15.0 Å². The maximum absolute atomic E-state index is 4.94. The molecule has 4 aromatic rings. The number of anilines is 1. The van der Waals surface area contributed by atoms with Gasteiger partial charge in [0, 0.05) is 22.4 Å². The molecule has 0 amide bonds. The highest BCUT2D eigenvalue weighted by Crippen LogP contribution is 2.33.